The number of nitrogens with one attached hydrogen (secondary N) is 2. The molecular weight excluding hydrogens is 228 g/mol. The normalized spacial score (nSPS) is 15.9. The highest BCUT2D eigenvalue weighted by Crippen LogP contribution is 2.20. The summed E-state index contributed by atoms with van der Waals surface area (Å²) in [5.74, 6) is 0.839. The van der Waals surface area contributed by atoms with Gasteiger partial charge in [0.05, 0.1) is 12.6 Å². The Bertz CT molecular complexity index is 416. The van der Waals surface area contributed by atoms with Crippen LogP contribution in [0.5, 0.6) is 5.75 Å². The number of carbonyl (C=O) groups is 1. The van der Waals surface area contributed by atoms with E-state index in [2.05, 4.69) is 10.6 Å². The number of hydrogen-bond donors (Lipinski definition) is 2. The van der Waals surface area contributed by atoms with Crippen molar-refractivity contribution in [2.45, 2.75) is 38.8 Å². The van der Waals surface area contributed by atoms with E-state index in [0.717, 1.165) is 24.2 Å². The topological polar surface area (TPSA) is 50.4 Å². The molecule has 18 heavy (non-hydrogen) atoms. The van der Waals surface area contributed by atoms with E-state index in [1.165, 1.54) is 0 Å². The molecule has 2 N–H and O–H groups in total. The first-order chi connectivity index (χ1) is 8.69. The number of benzene rings is 1. The van der Waals surface area contributed by atoms with Crippen LogP contribution >= 0.6 is 0 Å². The second kappa shape index (κ2) is 5.76. The maximum atomic E-state index is 11.6. The molecular formula is C14H20N2O2. The molecule has 0 heterocycles. The third-order valence-electron chi connectivity index (χ3n) is 2.93. The van der Waals surface area contributed by atoms with Gasteiger partial charge < -0.3 is 15.4 Å². The molecule has 1 saturated carbocycles. The molecule has 1 atom stereocenters. The SMILES string of the molecule is CCOc1cccc(C(C)NC(=O)NC2CC2)c1. The lowest BCUT2D eigenvalue weighted by Gasteiger charge is -2.15. The van der Waals surface area contributed by atoms with Crippen molar-refractivity contribution in [2.75, 3.05) is 6.61 Å². The van der Waals surface area contributed by atoms with Crippen molar-refractivity contribution in [3.05, 3.63) is 29.8 Å². The average molecular weight is 248 g/mol. The molecule has 0 radical (unpaired) electrons. The third-order valence-corrected chi connectivity index (χ3v) is 2.93. The van der Waals surface area contributed by atoms with Crippen molar-refractivity contribution >= 4 is 6.03 Å². The Kier molecular flexibility index (Phi) is 4.07. The van der Waals surface area contributed by atoms with Crippen LogP contribution in [0.3, 0.4) is 0 Å². The Morgan fingerprint density at radius 1 is 1.50 bits per heavy atom. The smallest absolute Gasteiger partial charge is 0.315 e. The van der Waals surface area contributed by atoms with Gasteiger partial charge in [0.1, 0.15) is 5.75 Å². The Morgan fingerprint density at radius 3 is 2.94 bits per heavy atom. The summed E-state index contributed by atoms with van der Waals surface area (Å²) in [4.78, 5) is 11.6. The van der Waals surface area contributed by atoms with Crippen molar-refractivity contribution in [3.8, 4) is 5.75 Å². The third kappa shape index (κ3) is 3.65. The Morgan fingerprint density at radius 2 is 2.28 bits per heavy atom. The molecule has 1 unspecified atom stereocenters. The van der Waals surface area contributed by atoms with Gasteiger partial charge in [-0.2, -0.15) is 0 Å². The Balaban J connectivity index is 1.91. The molecule has 1 aliphatic rings. The van der Waals surface area contributed by atoms with Crippen LogP contribution < -0.4 is 15.4 Å². The summed E-state index contributed by atoms with van der Waals surface area (Å²) in [6.45, 7) is 4.57. The summed E-state index contributed by atoms with van der Waals surface area (Å²) in [7, 11) is 0. The summed E-state index contributed by atoms with van der Waals surface area (Å²) in [6.07, 6.45) is 2.20. The predicted molar refractivity (Wildman–Crippen MR) is 70.7 cm³/mol. The quantitative estimate of drug-likeness (QED) is 0.841. The first-order valence-corrected chi connectivity index (χ1v) is 6.49. The molecule has 1 aromatic rings. The zero-order chi connectivity index (χ0) is 13.0. The predicted octanol–water partition coefficient (Wildman–Crippen LogP) is 2.61. The highest BCUT2D eigenvalue weighted by Gasteiger charge is 2.23. The monoisotopic (exact) mass is 248 g/mol. The number of rotatable bonds is 5. The Labute approximate surface area is 108 Å². The molecule has 0 aliphatic heterocycles. The second-order valence-electron chi connectivity index (χ2n) is 4.62. The number of urea groups is 1. The summed E-state index contributed by atoms with van der Waals surface area (Å²) in [5.41, 5.74) is 1.05. The molecule has 4 nitrogen and oxygen atoms in total. The number of hydrogen-bond acceptors (Lipinski definition) is 2. The molecule has 1 aliphatic carbocycles. The van der Waals surface area contributed by atoms with Crippen molar-refractivity contribution in [3.63, 3.8) is 0 Å². The lowest BCUT2D eigenvalue weighted by atomic mass is 10.1. The maximum Gasteiger partial charge on any atom is 0.315 e. The van der Waals surface area contributed by atoms with Gasteiger partial charge in [0, 0.05) is 6.04 Å². The lowest BCUT2D eigenvalue weighted by molar-refractivity contribution is 0.237. The van der Waals surface area contributed by atoms with Gasteiger partial charge in [0.15, 0.2) is 0 Å². The zero-order valence-corrected chi connectivity index (χ0v) is 10.9. The van der Waals surface area contributed by atoms with Gasteiger partial charge in [-0.3, -0.25) is 0 Å². The van der Waals surface area contributed by atoms with E-state index < -0.39 is 0 Å². The largest absolute Gasteiger partial charge is 0.494 e. The van der Waals surface area contributed by atoms with Gasteiger partial charge in [-0.15, -0.1) is 0 Å². The minimum atomic E-state index is -0.0909. The second-order valence-corrected chi connectivity index (χ2v) is 4.62. The standard InChI is InChI=1S/C14H20N2O2/c1-3-18-13-6-4-5-11(9-13)10(2)15-14(17)16-12-7-8-12/h4-6,9-10,12H,3,7-8H2,1-2H3,(H2,15,16,17). The first-order valence-electron chi connectivity index (χ1n) is 6.49. The van der Waals surface area contributed by atoms with Gasteiger partial charge in [0.25, 0.3) is 0 Å². The molecule has 2 rings (SSSR count). The molecule has 0 saturated heterocycles. The van der Waals surface area contributed by atoms with E-state index in [1.54, 1.807) is 0 Å². The molecule has 98 valence electrons. The van der Waals surface area contributed by atoms with Crippen LogP contribution in [0.15, 0.2) is 24.3 Å². The van der Waals surface area contributed by atoms with Crippen LogP contribution in [-0.4, -0.2) is 18.7 Å². The first kappa shape index (κ1) is 12.7. The van der Waals surface area contributed by atoms with E-state index in [-0.39, 0.29) is 12.1 Å². The summed E-state index contributed by atoms with van der Waals surface area (Å²) in [5, 5.41) is 5.84. The molecule has 0 spiro atoms. The maximum absolute atomic E-state index is 11.6. The molecule has 1 aromatic carbocycles. The molecule has 0 aromatic heterocycles. The zero-order valence-electron chi connectivity index (χ0n) is 10.9. The van der Waals surface area contributed by atoms with Crippen molar-refractivity contribution < 1.29 is 9.53 Å². The van der Waals surface area contributed by atoms with Crippen molar-refractivity contribution in [1.82, 2.24) is 10.6 Å². The van der Waals surface area contributed by atoms with Gasteiger partial charge in [-0.05, 0) is 44.4 Å². The van der Waals surface area contributed by atoms with Crippen LogP contribution in [-0.2, 0) is 0 Å². The Hall–Kier alpha value is -1.71. The minimum Gasteiger partial charge on any atom is -0.494 e. The van der Waals surface area contributed by atoms with Crippen molar-refractivity contribution in [2.24, 2.45) is 0 Å². The average Bonchev–Trinajstić information content (AvgIpc) is 3.13. The van der Waals surface area contributed by atoms with E-state index in [9.17, 15) is 4.79 Å². The van der Waals surface area contributed by atoms with E-state index in [4.69, 9.17) is 4.74 Å². The van der Waals surface area contributed by atoms with Crippen LogP contribution in [0.2, 0.25) is 0 Å². The van der Waals surface area contributed by atoms with Crippen LogP contribution in [0, 0.1) is 0 Å². The fourth-order valence-corrected chi connectivity index (χ4v) is 1.78. The van der Waals surface area contributed by atoms with Crippen LogP contribution in [0.1, 0.15) is 38.3 Å². The molecule has 1 fully saturated rings. The lowest BCUT2D eigenvalue weighted by Crippen LogP contribution is -2.38. The van der Waals surface area contributed by atoms with Gasteiger partial charge >= 0.3 is 6.03 Å². The highest BCUT2D eigenvalue weighted by molar-refractivity contribution is 5.75. The van der Waals surface area contributed by atoms with Crippen LogP contribution in [0.4, 0.5) is 4.79 Å². The summed E-state index contributed by atoms with van der Waals surface area (Å²) >= 11 is 0. The van der Waals surface area contributed by atoms with E-state index >= 15 is 0 Å². The minimum absolute atomic E-state index is 0.0239. The number of carbonyl (C=O) groups excluding carboxylic acids is 1. The fourth-order valence-electron chi connectivity index (χ4n) is 1.78. The van der Waals surface area contributed by atoms with Gasteiger partial charge in [0.2, 0.25) is 0 Å². The molecule has 0 bridgehead atoms. The number of amides is 2. The van der Waals surface area contributed by atoms with E-state index in [0.29, 0.717) is 12.6 Å². The van der Waals surface area contributed by atoms with Gasteiger partial charge in [-0.1, -0.05) is 12.1 Å². The number of ether oxygens (including phenoxy) is 1. The van der Waals surface area contributed by atoms with Crippen molar-refractivity contribution in [1.29, 1.82) is 0 Å². The fraction of sp³-hybridized carbons (Fsp3) is 0.500. The van der Waals surface area contributed by atoms with E-state index in [1.807, 2.05) is 38.1 Å². The highest BCUT2D eigenvalue weighted by atomic mass is 16.5. The summed E-state index contributed by atoms with van der Waals surface area (Å²) in [6, 6.07) is 8.08. The molecule has 4 heteroatoms. The van der Waals surface area contributed by atoms with Crippen LogP contribution in [0.25, 0.3) is 0 Å². The van der Waals surface area contributed by atoms with Gasteiger partial charge in [-0.25, -0.2) is 4.79 Å². The summed E-state index contributed by atoms with van der Waals surface area (Å²) < 4.78 is 5.45. The molecule has 2 amide bonds.